The van der Waals surface area contributed by atoms with Crippen LogP contribution in [0.1, 0.15) is 54.9 Å². The number of ether oxygens (including phenoxy) is 2. The van der Waals surface area contributed by atoms with Crippen molar-refractivity contribution in [2.45, 2.75) is 50.4 Å². The number of benzene rings is 2. The van der Waals surface area contributed by atoms with Crippen molar-refractivity contribution in [2.24, 2.45) is 0 Å². The molecule has 0 aromatic heterocycles. The number of nitrogens with one attached hydrogen (secondary N) is 1. The lowest BCUT2D eigenvalue weighted by Crippen LogP contribution is -2.40. The van der Waals surface area contributed by atoms with Crippen molar-refractivity contribution < 1.29 is 32.2 Å². The van der Waals surface area contributed by atoms with Crippen molar-refractivity contribution in [2.75, 3.05) is 6.61 Å². The second-order valence-electron chi connectivity index (χ2n) is 8.24. The number of hydrogen-bond donors (Lipinski definition) is 1. The molecule has 1 atom stereocenters. The minimum atomic E-state index is -4.51. The van der Waals surface area contributed by atoms with Gasteiger partial charge in [0.2, 0.25) is 6.10 Å². The van der Waals surface area contributed by atoms with Crippen LogP contribution in [-0.2, 0) is 20.5 Å². The molecule has 0 spiro atoms. The summed E-state index contributed by atoms with van der Waals surface area (Å²) in [5.74, 6) is -0.677. The lowest BCUT2D eigenvalue weighted by molar-refractivity contribution is -0.153. The number of fused-ring (bicyclic) bond motifs is 1. The zero-order valence-corrected chi connectivity index (χ0v) is 17.9. The Bertz CT molecular complexity index is 1040. The third-order valence-corrected chi connectivity index (χ3v) is 5.85. The summed E-state index contributed by atoms with van der Waals surface area (Å²) < 4.78 is 50.1. The summed E-state index contributed by atoms with van der Waals surface area (Å²) in [6.45, 7) is -0.0280. The van der Waals surface area contributed by atoms with Crippen LogP contribution in [-0.4, -0.2) is 24.5 Å². The van der Waals surface area contributed by atoms with Crippen LogP contribution < -0.4 is 10.1 Å². The highest BCUT2D eigenvalue weighted by Crippen LogP contribution is 2.32. The fourth-order valence-electron chi connectivity index (χ4n) is 4.06. The number of esters is 1. The highest BCUT2D eigenvalue weighted by atomic mass is 19.4. The van der Waals surface area contributed by atoms with Gasteiger partial charge in [0, 0.05) is 17.2 Å². The smallest absolute Gasteiger partial charge is 0.416 e. The molecule has 1 aliphatic carbocycles. The summed E-state index contributed by atoms with van der Waals surface area (Å²) in [5.41, 5.74) is 0.246. The Morgan fingerprint density at radius 2 is 1.70 bits per heavy atom. The van der Waals surface area contributed by atoms with Gasteiger partial charge in [-0.2, -0.15) is 13.2 Å². The Hall–Kier alpha value is -3.29. The number of alkyl halides is 3. The molecule has 1 heterocycles. The van der Waals surface area contributed by atoms with Crippen molar-refractivity contribution in [3.63, 3.8) is 0 Å². The van der Waals surface area contributed by atoms with Gasteiger partial charge in [0.15, 0.2) is 0 Å². The predicted octanol–water partition coefficient (Wildman–Crippen LogP) is 5.21. The fraction of sp³-hybridized carbons (Fsp3) is 0.360. The number of halogens is 3. The maximum absolute atomic E-state index is 13.0. The minimum absolute atomic E-state index is 0.0280. The molecule has 4 rings (SSSR count). The normalized spacial score (nSPS) is 17.2. The monoisotopic (exact) mass is 459 g/mol. The van der Waals surface area contributed by atoms with Gasteiger partial charge in [0.1, 0.15) is 12.4 Å². The summed E-state index contributed by atoms with van der Waals surface area (Å²) in [6.07, 6.45) is 0.443. The van der Waals surface area contributed by atoms with E-state index in [9.17, 15) is 22.8 Å². The molecule has 2 aromatic carbocycles. The lowest BCUT2D eigenvalue weighted by atomic mass is 9.95. The number of hydrogen-bond acceptors (Lipinski definition) is 4. The van der Waals surface area contributed by atoms with E-state index >= 15 is 0 Å². The molecule has 1 aliphatic heterocycles. The maximum atomic E-state index is 13.0. The van der Waals surface area contributed by atoms with Crippen molar-refractivity contribution in [1.82, 2.24) is 5.32 Å². The van der Waals surface area contributed by atoms with E-state index in [-0.39, 0.29) is 23.8 Å². The van der Waals surface area contributed by atoms with Crippen LogP contribution >= 0.6 is 0 Å². The zero-order chi connectivity index (χ0) is 23.4. The van der Waals surface area contributed by atoms with E-state index in [4.69, 9.17) is 9.47 Å². The molecule has 1 N–H and O–H groups in total. The van der Waals surface area contributed by atoms with E-state index in [1.54, 1.807) is 24.3 Å². The topological polar surface area (TPSA) is 64.6 Å². The molecule has 0 unspecified atom stereocenters. The van der Waals surface area contributed by atoms with Crippen LogP contribution in [0.25, 0.3) is 6.08 Å². The van der Waals surface area contributed by atoms with Crippen LogP contribution in [0.3, 0.4) is 0 Å². The van der Waals surface area contributed by atoms with E-state index in [0.29, 0.717) is 11.3 Å². The number of rotatable bonds is 5. The lowest BCUT2D eigenvalue weighted by Gasteiger charge is -2.26. The summed E-state index contributed by atoms with van der Waals surface area (Å²) in [6, 6.07) is 11.2. The summed E-state index contributed by atoms with van der Waals surface area (Å²) in [4.78, 5) is 25.9. The van der Waals surface area contributed by atoms with E-state index in [1.165, 1.54) is 12.1 Å². The second kappa shape index (κ2) is 9.68. The van der Waals surface area contributed by atoms with Crippen LogP contribution in [0.2, 0.25) is 0 Å². The van der Waals surface area contributed by atoms with Gasteiger partial charge in [0.05, 0.1) is 11.1 Å². The van der Waals surface area contributed by atoms with E-state index in [2.05, 4.69) is 5.32 Å². The summed E-state index contributed by atoms with van der Waals surface area (Å²) >= 11 is 0. The van der Waals surface area contributed by atoms with Gasteiger partial charge in [-0.05, 0) is 37.1 Å². The Kier molecular flexibility index (Phi) is 6.72. The molecule has 5 nitrogen and oxygen atoms in total. The van der Waals surface area contributed by atoms with E-state index in [1.807, 2.05) is 6.07 Å². The molecule has 2 aliphatic rings. The first-order valence-electron chi connectivity index (χ1n) is 10.9. The number of carbonyl (C=O) groups is 2. The molecule has 0 saturated heterocycles. The minimum Gasteiger partial charge on any atom is -0.488 e. The highest BCUT2D eigenvalue weighted by molar-refractivity contribution is 5.97. The molecule has 1 amide bonds. The zero-order valence-electron chi connectivity index (χ0n) is 17.9. The standard InChI is InChI=1S/C25H24F3NO4/c26-25(27,28)19-12-10-16(11-13-19)22(23(30)29-20-7-2-1-3-8-20)33-24(31)18-14-17-6-4-5-9-21(17)32-15-18/h4-6,9-14,20,22H,1-3,7-8,15H2,(H,29,30)/t22-/m1/s1. The van der Waals surface area contributed by atoms with Crippen LogP contribution in [0.4, 0.5) is 13.2 Å². The quantitative estimate of drug-likeness (QED) is 0.623. The van der Waals surface area contributed by atoms with Crippen molar-refractivity contribution >= 4 is 18.0 Å². The molecule has 2 aromatic rings. The fourth-order valence-corrected chi connectivity index (χ4v) is 4.06. The van der Waals surface area contributed by atoms with Gasteiger partial charge in [0.25, 0.3) is 5.91 Å². The first-order valence-corrected chi connectivity index (χ1v) is 10.9. The van der Waals surface area contributed by atoms with E-state index < -0.39 is 29.7 Å². The molecule has 0 radical (unpaired) electrons. The van der Waals surface area contributed by atoms with Crippen molar-refractivity contribution in [3.8, 4) is 5.75 Å². The van der Waals surface area contributed by atoms with Crippen LogP contribution in [0, 0.1) is 0 Å². The van der Waals surface area contributed by atoms with Gasteiger partial charge < -0.3 is 14.8 Å². The number of carbonyl (C=O) groups excluding carboxylic acids is 2. The average Bonchev–Trinajstić information content (AvgIpc) is 2.82. The first-order chi connectivity index (χ1) is 15.8. The van der Waals surface area contributed by atoms with Crippen LogP contribution in [0.5, 0.6) is 5.75 Å². The van der Waals surface area contributed by atoms with Crippen molar-refractivity contribution in [1.29, 1.82) is 0 Å². The molecule has 1 saturated carbocycles. The van der Waals surface area contributed by atoms with Gasteiger partial charge >= 0.3 is 12.1 Å². The van der Waals surface area contributed by atoms with Gasteiger partial charge in [-0.25, -0.2) is 4.79 Å². The SMILES string of the molecule is O=C(O[C@@H](C(=O)NC1CCCCC1)c1ccc(C(F)(F)F)cc1)C1=Cc2ccccc2OC1. The summed E-state index contributed by atoms with van der Waals surface area (Å²) in [7, 11) is 0. The highest BCUT2D eigenvalue weighted by Gasteiger charge is 2.33. The average molecular weight is 459 g/mol. The molecule has 8 heteroatoms. The molecular weight excluding hydrogens is 435 g/mol. The van der Waals surface area contributed by atoms with Gasteiger partial charge in [-0.15, -0.1) is 0 Å². The predicted molar refractivity (Wildman–Crippen MR) is 115 cm³/mol. The second-order valence-corrected chi connectivity index (χ2v) is 8.24. The largest absolute Gasteiger partial charge is 0.488 e. The Balaban J connectivity index is 1.56. The van der Waals surface area contributed by atoms with Crippen LogP contribution in [0.15, 0.2) is 54.1 Å². The maximum Gasteiger partial charge on any atom is 0.416 e. The first kappa shape index (κ1) is 22.9. The molecular formula is C25H24F3NO4. The third kappa shape index (κ3) is 5.56. The number of amides is 1. The van der Waals surface area contributed by atoms with Gasteiger partial charge in [-0.1, -0.05) is 49.6 Å². The number of para-hydroxylation sites is 1. The third-order valence-electron chi connectivity index (χ3n) is 5.85. The molecule has 174 valence electrons. The van der Waals surface area contributed by atoms with E-state index in [0.717, 1.165) is 44.2 Å². The van der Waals surface area contributed by atoms with Crippen molar-refractivity contribution in [3.05, 3.63) is 70.8 Å². The summed E-state index contributed by atoms with van der Waals surface area (Å²) in [5, 5.41) is 2.90. The Labute approximate surface area is 189 Å². The Morgan fingerprint density at radius 3 is 2.39 bits per heavy atom. The molecule has 0 bridgehead atoms. The van der Waals surface area contributed by atoms with Gasteiger partial charge in [-0.3, -0.25) is 4.79 Å². The Morgan fingerprint density at radius 1 is 1.00 bits per heavy atom. The molecule has 1 fully saturated rings. The molecule has 33 heavy (non-hydrogen) atoms.